The van der Waals surface area contributed by atoms with E-state index in [9.17, 15) is 0 Å². The zero-order valence-corrected chi connectivity index (χ0v) is 13.3. The predicted molar refractivity (Wildman–Crippen MR) is 80.8 cm³/mol. The van der Waals surface area contributed by atoms with E-state index in [0.717, 1.165) is 37.6 Å². The lowest BCUT2D eigenvalue weighted by Crippen LogP contribution is -2.13. The van der Waals surface area contributed by atoms with E-state index in [2.05, 4.69) is 39.1 Å². The van der Waals surface area contributed by atoms with Gasteiger partial charge in [0.15, 0.2) is 0 Å². The molecule has 0 aliphatic rings. The highest BCUT2D eigenvalue weighted by Gasteiger charge is 2.07. The van der Waals surface area contributed by atoms with Crippen LogP contribution < -0.4 is 5.32 Å². The molecule has 0 saturated heterocycles. The van der Waals surface area contributed by atoms with E-state index in [0.29, 0.717) is 25.7 Å². The molecule has 4 heteroatoms. The second-order valence-electron chi connectivity index (χ2n) is 5.52. The van der Waals surface area contributed by atoms with Crippen molar-refractivity contribution in [3.05, 3.63) is 23.2 Å². The first kappa shape index (κ1) is 17.2. The van der Waals surface area contributed by atoms with Crippen molar-refractivity contribution in [2.24, 2.45) is 5.92 Å². The molecular weight excluding hydrogens is 254 g/mol. The van der Waals surface area contributed by atoms with Crippen LogP contribution in [0.4, 0.5) is 0 Å². The number of aryl methyl sites for hydroxylation is 1. The lowest BCUT2D eigenvalue weighted by Gasteiger charge is -2.06. The Morgan fingerprint density at radius 3 is 2.70 bits per heavy atom. The Kier molecular flexibility index (Phi) is 8.58. The molecule has 1 rings (SSSR count). The summed E-state index contributed by atoms with van der Waals surface area (Å²) in [7, 11) is 0. The summed E-state index contributed by atoms with van der Waals surface area (Å²) in [5.41, 5.74) is 1.18. The normalized spacial score (nSPS) is 11.4. The quantitative estimate of drug-likeness (QED) is 0.633. The maximum absolute atomic E-state index is 5.78. The molecule has 1 aromatic heterocycles. The van der Waals surface area contributed by atoms with Crippen molar-refractivity contribution in [2.45, 2.75) is 47.3 Å². The molecule has 0 aliphatic heterocycles. The molecule has 1 aromatic rings. The smallest absolute Gasteiger partial charge is 0.130 e. The largest absolute Gasteiger partial charge is 0.462 e. The van der Waals surface area contributed by atoms with E-state index in [1.807, 2.05) is 0 Å². The molecule has 1 N–H and O–H groups in total. The van der Waals surface area contributed by atoms with Crippen LogP contribution >= 0.6 is 0 Å². The van der Waals surface area contributed by atoms with Gasteiger partial charge in [0.1, 0.15) is 18.1 Å². The van der Waals surface area contributed by atoms with Gasteiger partial charge in [-0.05, 0) is 37.4 Å². The van der Waals surface area contributed by atoms with Gasteiger partial charge >= 0.3 is 0 Å². The topological polar surface area (TPSA) is 43.6 Å². The zero-order chi connectivity index (χ0) is 14.8. The summed E-state index contributed by atoms with van der Waals surface area (Å²) in [6.45, 7) is 12.9. The van der Waals surface area contributed by atoms with Gasteiger partial charge in [0.2, 0.25) is 0 Å². The standard InChI is InChI=1S/C16H29NO3/c1-5-6-17-10-16-14(4)9-15(20-16)12-19-8-7-18-11-13(2)3/h9,13,17H,5-8,10-12H2,1-4H3. The summed E-state index contributed by atoms with van der Waals surface area (Å²) in [6, 6.07) is 2.05. The van der Waals surface area contributed by atoms with Crippen molar-refractivity contribution in [3.8, 4) is 0 Å². The highest BCUT2D eigenvalue weighted by Crippen LogP contribution is 2.15. The second-order valence-corrected chi connectivity index (χ2v) is 5.52. The van der Waals surface area contributed by atoms with Gasteiger partial charge in [-0.25, -0.2) is 0 Å². The van der Waals surface area contributed by atoms with Gasteiger partial charge in [-0.15, -0.1) is 0 Å². The number of hydrogen-bond donors (Lipinski definition) is 1. The van der Waals surface area contributed by atoms with E-state index in [4.69, 9.17) is 13.9 Å². The highest BCUT2D eigenvalue weighted by atomic mass is 16.5. The maximum atomic E-state index is 5.78. The second kappa shape index (κ2) is 9.97. The van der Waals surface area contributed by atoms with Gasteiger partial charge < -0.3 is 19.2 Å². The summed E-state index contributed by atoms with van der Waals surface area (Å²) in [5.74, 6) is 2.47. The Balaban J connectivity index is 2.18. The Morgan fingerprint density at radius 1 is 1.25 bits per heavy atom. The van der Waals surface area contributed by atoms with Crippen molar-refractivity contribution >= 4 is 0 Å². The summed E-state index contributed by atoms with van der Waals surface area (Å²) >= 11 is 0. The molecule has 0 aliphatic carbocycles. The molecule has 0 atom stereocenters. The zero-order valence-electron chi connectivity index (χ0n) is 13.3. The van der Waals surface area contributed by atoms with Crippen LogP contribution in [0.1, 0.15) is 44.3 Å². The third-order valence-corrected chi connectivity index (χ3v) is 2.85. The van der Waals surface area contributed by atoms with Crippen molar-refractivity contribution < 1.29 is 13.9 Å². The molecule has 0 amide bonds. The Labute approximate surface area is 122 Å². The van der Waals surface area contributed by atoms with Crippen molar-refractivity contribution in [1.29, 1.82) is 0 Å². The number of ether oxygens (including phenoxy) is 2. The fraction of sp³-hybridized carbons (Fsp3) is 0.750. The molecule has 0 fully saturated rings. The van der Waals surface area contributed by atoms with Crippen LogP contribution in [0.5, 0.6) is 0 Å². The van der Waals surface area contributed by atoms with Crippen LogP contribution in [0.2, 0.25) is 0 Å². The summed E-state index contributed by atoms with van der Waals surface area (Å²) in [4.78, 5) is 0. The van der Waals surface area contributed by atoms with E-state index < -0.39 is 0 Å². The third-order valence-electron chi connectivity index (χ3n) is 2.85. The monoisotopic (exact) mass is 283 g/mol. The lowest BCUT2D eigenvalue weighted by molar-refractivity contribution is 0.0261. The van der Waals surface area contributed by atoms with Gasteiger partial charge in [0.05, 0.1) is 19.8 Å². The van der Waals surface area contributed by atoms with Crippen molar-refractivity contribution in [2.75, 3.05) is 26.4 Å². The minimum Gasteiger partial charge on any atom is -0.462 e. The Morgan fingerprint density at radius 2 is 2.00 bits per heavy atom. The number of nitrogens with one attached hydrogen (secondary N) is 1. The fourth-order valence-corrected chi connectivity index (χ4v) is 1.83. The molecule has 1 heterocycles. The maximum Gasteiger partial charge on any atom is 0.130 e. The summed E-state index contributed by atoms with van der Waals surface area (Å²) in [6.07, 6.45) is 1.13. The van der Waals surface area contributed by atoms with Crippen LogP contribution in [-0.4, -0.2) is 26.4 Å². The molecule has 116 valence electrons. The molecule has 0 saturated carbocycles. The number of hydrogen-bond acceptors (Lipinski definition) is 4. The van der Waals surface area contributed by atoms with Crippen LogP contribution in [0.15, 0.2) is 10.5 Å². The average Bonchev–Trinajstić information content (AvgIpc) is 2.74. The minimum atomic E-state index is 0.514. The molecular formula is C16H29NO3. The van der Waals surface area contributed by atoms with Gasteiger partial charge in [-0.2, -0.15) is 0 Å². The SMILES string of the molecule is CCCNCc1oc(COCCOCC(C)C)cc1C. The molecule has 0 unspecified atom stereocenters. The Hall–Kier alpha value is -0.840. The molecule has 4 nitrogen and oxygen atoms in total. The van der Waals surface area contributed by atoms with Crippen LogP contribution in [0, 0.1) is 12.8 Å². The molecule has 0 bridgehead atoms. The van der Waals surface area contributed by atoms with Gasteiger partial charge in [0.25, 0.3) is 0 Å². The van der Waals surface area contributed by atoms with E-state index in [-0.39, 0.29) is 0 Å². The fourth-order valence-electron chi connectivity index (χ4n) is 1.83. The van der Waals surface area contributed by atoms with Gasteiger partial charge in [-0.1, -0.05) is 20.8 Å². The number of rotatable bonds is 11. The molecule has 0 aromatic carbocycles. The van der Waals surface area contributed by atoms with Crippen molar-refractivity contribution in [3.63, 3.8) is 0 Å². The summed E-state index contributed by atoms with van der Waals surface area (Å²) in [5, 5.41) is 3.35. The lowest BCUT2D eigenvalue weighted by atomic mass is 10.2. The van der Waals surface area contributed by atoms with Gasteiger partial charge in [-0.3, -0.25) is 0 Å². The van der Waals surface area contributed by atoms with Crippen molar-refractivity contribution in [1.82, 2.24) is 5.32 Å². The van der Waals surface area contributed by atoms with E-state index in [1.165, 1.54) is 5.56 Å². The van der Waals surface area contributed by atoms with Gasteiger partial charge in [0, 0.05) is 6.61 Å². The minimum absolute atomic E-state index is 0.514. The Bertz CT molecular complexity index is 361. The highest BCUT2D eigenvalue weighted by molar-refractivity contribution is 5.19. The van der Waals surface area contributed by atoms with Crippen LogP contribution in [0.3, 0.4) is 0 Å². The molecule has 0 spiro atoms. The van der Waals surface area contributed by atoms with E-state index >= 15 is 0 Å². The predicted octanol–water partition coefficient (Wildman–Crippen LogP) is 3.28. The first-order valence-corrected chi connectivity index (χ1v) is 7.57. The first-order valence-electron chi connectivity index (χ1n) is 7.57. The van der Waals surface area contributed by atoms with Crippen LogP contribution in [0.25, 0.3) is 0 Å². The average molecular weight is 283 g/mol. The first-order chi connectivity index (χ1) is 9.63. The number of furan rings is 1. The molecule has 20 heavy (non-hydrogen) atoms. The third kappa shape index (κ3) is 7.08. The van der Waals surface area contributed by atoms with E-state index in [1.54, 1.807) is 0 Å². The van der Waals surface area contributed by atoms with Crippen LogP contribution in [-0.2, 0) is 22.6 Å². The molecule has 0 radical (unpaired) electrons. The summed E-state index contributed by atoms with van der Waals surface area (Å²) < 4.78 is 16.8.